The van der Waals surface area contributed by atoms with Crippen LogP contribution in [0.25, 0.3) is 21.9 Å². The molecule has 0 aliphatic heterocycles. The number of carbonyl (C=O) groups excluding carboxylic acids is 1. The van der Waals surface area contributed by atoms with E-state index in [0.717, 1.165) is 30.9 Å². The van der Waals surface area contributed by atoms with Gasteiger partial charge in [-0.3, -0.25) is 0 Å². The molecule has 7 heteroatoms. The molecule has 40 heavy (non-hydrogen) atoms. The predicted octanol–water partition coefficient (Wildman–Crippen LogP) is 10.4. The van der Waals surface area contributed by atoms with Crippen molar-refractivity contribution in [3.05, 3.63) is 70.8 Å². The Bertz CT molecular complexity index is 1300. The minimum Gasteiger partial charge on any atom is -0.462 e. The fourth-order valence-electron chi connectivity index (χ4n) is 5.29. The van der Waals surface area contributed by atoms with Crippen LogP contribution in [0.1, 0.15) is 94.5 Å². The van der Waals surface area contributed by atoms with Gasteiger partial charge in [0.1, 0.15) is 0 Å². The highest BCUT2D eigenvalue weighted by Gasteiger charge is 2.43. The van der Waals surface area contributed by atoms with Crippen molar-refractivity contribution in [2.24, 2.45) is 0 Å². The summed E-state index contributed by atoms with van der Waals surface area (Å²) in [4.78, 5) is 14.0. The van der Waals surface area contributed by atoms with Crippen LogP contribution in [0.5, 0.6) is 0 Å². The van der Waals surface area contributed by atoms with Crippen LogP contribution in [0, 0.1) is 0 Å². The van der Waals surface area contributed by atoms with Gasteiger partial charge in [-0.25, -0.2) is 4.79 Å². The lowest BCUT2D eigenvalue weighted by Crippen LogP contribution is -2.33. The maximum absolute atomic E-state index is 14.1. The van der Waals surface area contributed by atoms with Crippen molar-refractivity contribution in [3.8, 4) is 11.1 Å². The van der Waals surface area contributed by atoms with Crippen LogP contribution in [0.2, 0.25) is 0 Å². The Morgan fingerprint density at radius 3 is 1.90 bits per heavy atom. The first-order chi connectivity index (χ1) is 18.8. The zero-order valence-corrected chi connectivity index (χ0v) is 27.2. The van der Waals surface area contributed by atoms with Gasteiger partial charge in [0.25, 0.3) is 0 Å². The Balaban J connectivity index is 0.00000134. The predicted molar refractivity (Wildman–Crippen MR) is 168 cm³/mol. The largest absolute Gasteiger partial charge is 0.462 e. The van der Waals surface area contributed by atoms with Gasteiger partial charge in [-0.1, -0.05) is 82.3 Å². The number of benzene rings is 3. The lowest BCUT2D eigenvalue weighted by Gasteiger charge is -2.42. The van der Waals surface area contributed by atoms with E-state index in [0.29, 0.717) is 22.1 Å². The van der Waals surface area contributed by atoms with E-state index in [1.165, 1.54) is 5.56 Å². The Kier molecular flexibility index (Phi) is 11.7. The molecule has 3 nitrogen and oxygen atoms in total. The molecule has 0 fully saturated rings. The summed E-state index contributed by atoms with van der Waals surface area (Å²) in [5.74, 6) is -0.434. The van der Waals surface area contributed by atoms with Gasteiger partial charge in [0.15, 0.2) is 6.10 Å². The Labute approximate surface area is 251 Å². The molecule has 220 valence electrons. The minimum atomic E-state index is -4.57. The fourth-order valence-corrected chi connectivity index (χ4v) is 5.29. The standard InChI is InChI=1S/C30H33F3O3.C2H6.CH3I/c1-7-36-27(34)19-10-8-18(9-11-19)20-14-21-16-24-25(29(4,5)13-12-28(24,2)3)17-22(21)23(15-20)26(35-6)30(31,32)33;2*1-2/h8-11,14-17,26H,7,12-13H2,1-6H3;1-2H3;1H3. The summed E-state index contributed by atoms with van der Waals surface area (Å²) in [6.07, 6.45) is -4.66. The normalized spacial score (nSPS) is 16.0. The molecule has 0 saturated carbocycles. The van der Waals surface area contributed by atoms with Crippen molar-refractivity contribution in [1.29, 1.82) is 0 Å². The molecule has 1 aliphatic rings. The van der Waals surface area contributed by atoms with Gasteiger partial charge in [-0.05, 0) is 104 Å². The Hall–Kier alpha value is -2.13. The monoisotopic (exact) mass is 670 g/mol. The summed E-state index contributed by atoms with van der Waals surface area (Å²) in [6, 6.07) is 14.2. The fraction of sp³-hybridized carbons (Fsp3) is 0.485. The molecule has 0 aromatic heterocycles. The first-order valence-corrected chi connectivity index (χ1v) is 15.8. The van der Waals surface area contributed by atoms with Crippen molar-refractivity contribution in [1.82, 2.24) is 0 Å². The highest BCUT2D eigenvalue weighted by atomic mass is 127. The lowest BCUT2D eigenvalue weighted by molar-refractivity contribution is -0.215. The number of ether oxygens (including phenoxy) is 2. The van der Waals surface area contributed by atoms with Crippen LogP contribution < -0.4 is 0 Å². The van der Waals surface area contributed by atoms with Gasteiger partial charge in [-0.15, -0.1) is 0 Å². The second kappa shape index (κ2) is 13.7. The van der Waals surface area contributed by atoms with Crippen LogP contribution in [0.3, 0.4) is 0 Å². The minimum absolute atomic E-state index is 0.0822. The van der Waals surface area contributed by atoms with Crippen molar-refractivity contribution >= 4 is 39.3 Å². The summed E-state index contributed by atoms with van der Waals surface area (Å²) in [5.41, 5.74) is 3.87. The van der Waals surface area contributed by atoms with Crippen molar-refractivity contribution in [3.63, 3.8) is 0 Å². The molecular formula is C33H42F3IO3. The molecule has 0 N–H and O–H groups in total. The van der Waals surface area contributed by atoms with Crippen LogP contribution >= 0.6 is 22.6 Å². The van der Waals surface area contributed by atoms with Gasteiger partial charge in [-0.2, -0.15) is 13.2 Å². The van der Waals surface area contributed by atoms with Crippen LogP contribution in [-0.4, -0.2) is 30.8 Å². The first kappa shape index (κ1) is 34.1. The molecule has 0 amide bonds. The molecule has 3 aromatic rings. The van der Waals surface area contributed by atoms with E-state index < -0.39 is 18.2 Å². The van der Waals surface area contributed by atoms with Crippen molar-refractivity contribution in [2.45, 2.75) is 84.4 Å². The summed E-state index contributed by atoms with van der Waals surface area (Å²) in [6.45, 7) is 14.7. The van der Waals surface area contributed by atoms with E-state index in [1.807, 2.05) is 30.9 Å². The van der Waals surface area contributed by atoms with Gasteiger partial charge in [0.2, 0.25) is 0 Å². The molecule has 0 radical (unpaired) electrons. The summed E-state index contributed by atoms with van der Waals surface area (Å²) >= 11 is 2.15. The summed E-state index contributed by atoms with van der Waals surface area (Å²) < 4.78 is 52.4. The van der Waals surface area contributed by atoms with E-state index in [4.69, 9.17) is 9.47 Å². The van der Waals surface area contributed by atoms with Crippen molar-refractivity contribution < 1.29 is 27.4 Å². The van der Waals surface area contributed by atoms with Crippen molar-refractivity contribution in [2.75, 3.05) is 18.6 Å². The van der Waals surface area contributed by atoms with E-state index in [9.17, 15) is 18.0 Å². The first-order valence-electron chi connectivity index (χ1n) is 13.7. The average Bonchev–Trinajstić information content (AvgIpc) is 2.92. The summed E-state index contributed by atoms with van der Waals surface area (Å²) in [5, 5.41) is 1.29. The average molecular weight is 671 g/mol. The topological polar surface area (TPSA) is 35.5 Å². The van der Waals surface area contributed by atoms with Crippen LogP contribution in [0.15, 0.2) is 48.5 Å². The van der Waals surface area contributed by atoms with E-state index >= 15 is 0 Å². The molecule has 1 atom stereocenters. The van der Waals surface area contributed by atoms with E-state index in [1.54, 1.807) is 37.3 Å². The number of esters is 1. The molecule has 0 heterocycles. The third-order valence-electron chi connectivity index (χ3n) is 7.50. The molecule has 0 saturated heterocycles. The zero-order valence-electron chi connectivity index (χ0n) is 25.1. The second-order valence-corrected chi connectivity index (χ2v) is 10.9. The number of rotatable bonds is 5. The van der Waals surface area contributed by atoms with Gasteiger partial charge in [0, 0.05) is 7.11 Å². The molecule has 1 unspecified atom stereocenters. The van der Waals surface area contributed by atoms with Crippen LogP contribution in [0.4, 0.5) is 13.2 Å². The number of hydrogen-bond donors (Lipinski definition) is 0. The highest BCUT2D eigenvalue weighted by molar-refractivity contribution is 14.1. The molecule has 0 bridgehead atoms. The lowest BCUT2D eigenvalue weighted by atomic mass is 9.62. The third-order valence-corrected chi connectivity index (χ3v) is 7.50. The van der Waals surface area contributed by atoms with Gasteiger partial charge < -0.3 is 9.47 Å². The third kappa shape index (κ3) is 7.19. The molecule has 3 aromatic carbocycles. The van der Waals surface area contributed by atoms with E-state index in [-0.39, 0.29) is 23.0 Å². The zero-order chi connectivity index (χ0) is 30.5. The second-order valence-electron chi connectivity index (χ2n) is 10.9. The van der Waals surface area contributed by atoms with Crippen LogP contribution in [-0.2, 0) is 20.3 Å². The SMILES string of the molecule is CC.CCOC(=O)c1ccc(-c2cc(C(OC)C(F)(F)F)c3cc4c(cc3c2)C(C)(C)CCC4(C)C)cc1.CI. The number of fused-ring (bicyclic) bond motifs is 2. The number of halogens is 4. The molecule has 0 spiro atoms. The Morgan fingerprint density at radius 2 is 1.43 bits per heavy atom. The number of carbonyl (C=O) groups is 1. The Morgan fingerprint density at radius 1 is 0.900 bits per heavy atom. The van der Waals surface area contributed by atoms with Gasteiger partial charge >= 0.3 is 12.1 Å². The summed E-state index contributed by atoms with van der Waals surface area (Å²) in [7, 11) is 1.09. The van der Waals surface area contributed by atoms with Gasteiger partial charge in [0.05, 0.1) is 12.2 Å². The molecule has 4 rings (SSSR count). The number of alkyl halides is 4. The quantitative estimate of drug-likeness (QED) is 0.154. The smallest absolute Gasteiger partial charge is 0.418 e. The maximum atomic E-state index is 14.1. The molecular weight excluding hydrogens is 628 g/mol. The maximum Gasteiger partial charge on any atom is 0.418 e. The highest BCUT2D eigenvalue weighted by Crippen LogP contribution is 2.49. The molecule has 1 aliphatic carbocycles. The number of methoxy groups -OCH3 is 1. The van der Waals surface area contributed by atoms with E-state index in [2.05, 4.69) is 56.4 Å². The number of hydrogen-bond acceptors (Lipinski definition) is 3.